The zero-order chi connectivity index (χ0) is 19.3. The number of aromatic nitrogens is 1. The van der Waals surface area contributed by atoms with Gasteiger partial charge in [0.25, 0.3) is 5.56 Å². The number of amides is 3. The Morgan fingerprint density at radius 2 is 1.81 bits per heavy atom. The lowest BCUT2D eigenvalue weighted by Gasteiger charge is -2.12. The molecule has 0 fully saturated rings. The van der Waals surface area contributed by atoms with Crippen molar-refractivity contribution in [3.05, 3.63) is 69.1 Å². The largest absolute Gasteiger partial charge is 0.417 e. The summed E-state index contributed by atoms with van der Waals surface area (Å²) in [4.78, 5) is 35.2. The van der Waals surface area contributed by atoms with Crippen LogP contribution in [0.5, 0.6) is 0 Å². The number of nitrogens with one attached hydrogen (secondary N) is 2. The summed E-state index contributed by atoms with van der Waals surface area (Å²) < 4.78 is 38.7. The Kier molecular flexibility index (Phi) is 6.04. The van der Waals surface area contributed by atoms with Gasteiger partial charge in [-0.1, -0.05) is 41.9 Å². The maximum absolute atomic E-state index is 12.8. The molecule has 1 aromatic carbocycles. The van der Waals surface area contributed by atoms with Crippen LogP contribution in [0.15, 0.2) is 47.4 Å². The Labute approximate surface area is 150 Å². The standard InChI is InChI=1S/C16H13ClF3N3O3/c17-12-6-11(16(18,19)20)8-23(14(12)25)9-13(24)22-15(26)21-7-10-4-2-1-3-5-10/h1-6,8H,7,9H2,(H2,21,22,24,26). The lowest BCUT2D eigenvalue weighted by Crippen LogP contribution is -2.42. The molecule has 0 aliphatic heterocycles. The molecule has 2 aromatic rings. The summed E-state index contributed by atoms with van der Waals surface area (Å²) in [5.74, 6) is -0.965. The van der Waals surface area contributed by atoms with Crippen molar-refractivity contribution in [3.63, 3.8) is 0 Å². The number of hydrogen-bond acceptors (Lipinski definition) is 3. The fourth-order valence-electron chi connectivity index (χ4n) is 2.01. The summed E-state index contributed by atoms with van der Waals surface area (Å²) in [6.07, 6.45) is -4.27. The van der Waals surface area contributed by atoms with Gasteiger partial charge in [0.15, 0.2) is 0 Å². The number of alkyl halides is 3. The molecule has 0 aliphatic carbocycles. The average molecular weight is 388 g/mol. The van der Waals surface area contributed by atoms with Crippen LogP contribution in [0.2, 0.25) is 5.02 Å². The number of carbonyl (C=O) groups is 2. The second-order valence-corrected chi connectivity index (χ2v) is 5.63. The van der Waals surface area contributed by atoms with E-state index >= 15 is 0 Å². The molecule has 10 heteroatoms. The molecule has 2 N–H and O–H groups in total. The van der Waals surface area contributed by atoms with Crippen LogP contribution in [0.1, 0.15) is 11.1 Å². The van der Waals surface area contributed by atoms with Crippen molar-refractivity contribution in [3.8, 4) is 0 Å². The highest BCUT2D eigenvalue weighted by molar-refractivity contribution is 6.30. The quantitative estimate of drug-likeness (QED) is 0.846. The number of imide groups is 1. The zero-order valence-electron chi connectivity index (χ0n) is 13.1. The second-order valence-electron chi connectivity index (χ2n) is 5.22. The normalized spacial score (nSPS) is 11.1. The molecule has 1 aromatic heterocycles. The molecule has 138 valence electrons. The smallest absolute Gasteiger partial charge is 0.334 e. The van der Waals surface area contributed by atoms with Crippen molar-refractivity contribution in [2.75, 3.05) is 0 Å². The number of hydrogen-bond donors (Lipinski definition) is 2. The number of carbonyl (C=O) groups excluding carboxylic acids is 2. The van der Waals surface area contributed by atoms with E-state index in [1.807, 2.05) is 5.32 Å². The number of pyridine rings is 1. The molecular formula is C16H13ClF3N3O3. The van der Waals surface area contributed by atoms with Gasteiger partial charge in [-0.3, -0.25) is 14.9 Å². The molecule has 0 saturated heterocycles. The predicted octanol–water partition coefficient (Wildman–Crippen LogP) is 2.55. The molecule has 0 atom stereocenters. The molecule has 2 rings (SSSR count). The first kappa shape index (κ1) is 19.5. The van der Waals surface area contributed by atoms with Gasteiger partial charge < -0.3 is 9.88 Å². The summed E-state index contributed by atoms with van der Waals surface area (Å²) in [5.41, 5.74) is -1.36. The van der Waals surface area contributed by atoms with Crippen LogP contribution in [0.25, 0.3) is 0 Å². The van der Waals surface area contributed by atoms with E-state index in [1.54, 1.807) is 30.3 Å². The van der Waals surface area contributed by atoms with E-state index in [-0.39, 0.29) is 6.54 Å². The molecule has 0 bridgehead atoms. The van der Waals surface area contributed by atoms with Gasteiger partial charge >= 0.3 is 12.2 Å². The zero-order valence-corrected chi connectivity index (χ0v) is 13.9. The van der Waals surface area contributed by atoms with E-state index in [0.717, 1.165) is 5.56 Å². The van der Waals surface area contributed by atoms with Crippen LogP contribution in [0.4, 0.5) is 18.0 Å². The van der Waals surface area contributed by atoms with Gasteiger partial charge in [-0.2, -0.15) is 13.2 Å². The summed E-state index contributed by atoms with van der Waals surface area (Å²) >= 11 is 5.49. The van der Waals surface area contributed by atoms with Crippen molar-refractivity contribution < 1.29 is 22.8 Å². The molecule has 0 aliphatic rings. The maximum atomic E-state index is 12.8. The minimum atomic E-state index is -4.73. The first-order valence-corrected chi connectivity index (χ1v) is 7.63. The number of halogens is 4. The molecule has 6 nitrogen and oxygen atoms in total. The fourth-order valence-corrected chi connectivity index (χ4v) is 2.24. The second kappa shape index (κ2) is 8.05. The van der Waals surface area contributed by atoms with Crippen molar-refractivity contribution in [2.45, 2.75) is 19.3 Å². The molecule has 0 unspecified atom stereocenters. The number of rotatable bonds is 4. The number of benzene rings is 1. The van der Waals surface area contributed by atoms with Crippen LogP contribution in [0.3, 0.4) is 0 Å². The van der Waals surface area contributed by atoms with Gasteiger partial charge in [0, 0.05) is 12.7 Å². The first-order valence-electron chi connectivity index (χ1n) is 7.25. The first-order chi connectivity index (χ1) is 12.2. The van der Waals surface area contributed by atoms with Crippen molar-refractivity contribution in [2.24, 2.45) is 0 Å². The van der Waals surface area contributed by atoms with Gasteiger partial charge in [0.05, 0.1) is 5.56 Å². The van der Waals surface area contributed by atoms with E-state index in [2.05, 4.69) is 5.32 Å². The lowest BCUT2D eigenvalue weighted by molar-refractivity contribution is -0.138. The summed E-state index contributed by atoms with van der Waals surface area (Å²) in [5, 5.41) is 3.66. The van der Waals surface area contributed by atoms with E-state index in [0.29, 0.717) is 16.8 Å². The summed E-state index contributed by atoms with van der Waals surface area (Å²) in [6, 6.07) is 8.48. The molecular weight excluding hydrogens is 375 g/mol. The van der Waals surface area contributed by atoms with Crippen LogP contribution < -0.4 is 16.2 Å². The molecule has 26 heavy (non-hydrogen) atoms. The SMILES string of the molecule is O=C(Cn1cc(C(F)(F)F)cc(Cl)c1=O)NC(=O)NCc1ccccc1. The van der Waals surface area contributed by atoms with E-state index < -0.39 is 40.8 Å². The van der Waals surface area contributed by atoms with Crippen molar-refractivity contribution in [1.29, 1.82) is 0 Å². The lowest BCUT2D eigenvalue weighted by atomic mass is 10.2. The number of urea groups is 1. The summed E-state index contributed by atoms with van der Waals surface area (Å²) in [7, 11) is 0. The molecule has 3 amide bonds. The average Bonchev–Trinajstić information content (AvgIpc) is 2.57. The Morgan fingerprint density at radius 3 is 2.42 bits per heavy atom. The summed E-state index contributed by atoms with van der Waals surface area (Å²) in [6.45, 7) is -0.642. The van der Waals surface area contributed by atoms with Gasteiger partial charge in [0.2, 0.25) is 5.91 Å². The van der Waals surface area contributed by atoms with Crippen LogP contribution >= 0.6 is 11.6 Å². The predicted molar refractivity (Wildman–Crippen MR) is 87.5 cm³/mol. The molecule has 0 saturated carbocycles. The molecule has 0 radical (unpaired) electrons. The van der Waals surface area contributed by atoms with Gasteiger partial charge in [0.1, 0.15) is 11.6 Å². The van der Waals surface area contributed by atoms with E-state index in [9.17, 15) is 27.6 Å². The van der Waals surface area contributed by atoms with Crippen LogP contribution in [-0.4, -0.2) is 16.5 Å². The third-order valence-electron chi connectivity index (χ3n) is 3.23. The molecule has 0 spiro atoms. The van der Waals surface area contributed by atoms with Gasteiger partial charge in [-0.05, 0) is 11.6 Å². The minimum Gasteiger partial charge on any atom is -0.334 e. The van der Waals surface area contributed by atoms with Crippen molar-refractivity contribution >= 4 is 23.5 Å². The van der Waals surface area contributed by atoms with Crippen LogP contribution in [-0.2, 0) is 24.1 Å². The van der Waals surface area contributed by atoms with E-state index in [1.165, 1.54) is 0 Å². The highest BCUT2D eigenvalue weighted by Crippen LogP contribution is 2.29. The highest BCUT2D eigenvalue weighted by Gasteiger charge is 2.32. The monoisotopic (exact) mass is 387 g/mol. The van der Waals surface area contributed by atoms with E-state index in [4.69, 9.17) is 11.6 Å². The Bertz CT molecular complexity index is 867. The van der Waals surface area contributed by atoms with Gasteiger partial charge in [-0.15, -0.1) is 0 Å². The van der Waals surface area contributed by atoms with Crippen molar-refractivity contribution in [1.82, 2.24) is 15.2 Å². The number of nitrogens with zero attached hydrogens (tertiary/aromatic N) is 1. The fraction of sp³-hybridized carbons (Fsp3) is 0.188. The molecule has 1 heterocycles. The maximum Gasteiger partial charge on any atom is 0.417 e. The topological polar surface area (TPSA) is 80.2 Å². The third kappa shape index (κ3) is 5.35. The Morgan fingerprint density at radius 1 is 1.15 bits per heavy atom. The highest BCUT2D eigenvalue weighted by atomic mass is 35.5. The van der Waals surface area contributed by atoms with Crippen LogP contribution in [0, 0.1) is 0 Å². The Hall–Kier alpha value is -2.81. The van der Waals surface area contributed by atoms with Gasteiger partial charge in [-0.25, -0.2) is 4.79 Å². The third-order valence-corrected chi connectivity index (χ3v) is 3.50. The Balaban J connectivity index is 2.00. The minimum absolute atomic E-state index is 0.148.